The molecular formula is C28H25F6N5O2. The summed E-state index contributed by atoms with van der Waals surface area (Å²) in [6.07, 6.45) is -3.72. The Bertz CT molecular complexity index is 1620. The second-order valence-corrected chi connectivity index (χ2v) is 9.90. The van der Waals surface area contributed by atoms with Gasteiger partial charge in [-0.1, -0.05) is 0 Å². The first-order chi connectivity index (χ1) is 19.4. The molecule has 2 aromatic heterocycles. The van der Waals surface area contributed by atoms with Crippen molar-refractivity contribution in [3.8, 4) is 17.0 Å². The third-order valence-corrected chi connectivity index (χ3v) is 7.18. The number of methoxy groups -OCH3 is 1. The van der Waals surface area contributed by atoms with Gasteiger partial charge < -0.3 is 9.64 Å². The Morgan fingerprint density at radius 3 is 2.44 bits per heavy atom. The zero-order chi connectivity index (χ0) is 29.6. The number of halogens is 6. The number of hydrogen-bond donors (Lipinski definition) is 0. The highest BCUT2D eigenvalue weighted by Crippen LogP contribution is 2.37. The average molecular weight is 578 g/mol. The fourth-order valence-corrected chi connectivity index (χ4v) is 5.19. The third-order valence-electron chi connectivity index (χ3n) is 7.18. The number of benzene rings is 2. The summed E-state index contributed by atoms with van der Waals surface area (Å²) in [6, 6.07) is 7.29. The van der Waals surface area contributed by atoms with E-state index in [4.69, 9.17) is 4.74 Å². The van der Waals surface area contributed by atoms with E-state index in [-0.39, 0.29) is 54.2 Å². The molecule has 3 heterocycles. The van der Waals surface area contributed by atoms with E-state index in [9.17, 15) is 31.1 Å². The standard InChI is InChI=1S/C28H25F6N5O2/c1-15-13-37(14-18-10-19(29)11-22(30)23(18)31)8-9-38(15)27(40)21-12-35-39-25(28(32,33)34)16(2)24(36-26(21)39)17-4-6-20(41-3)7-5-17/h4-7,10-12,15H,8-9,13-14H2,1-3H3/t15-/m1/s1. The quantitative estimate of drug-likeness (QED) is 0.232. The molecule has 41 heavy (non-hydrogen) atoms. The van der Waals surface area contributed by atoms with Gasteiger partial charge in [-0.25, -0.2) is 22.7 Å². The van der Waals surface area contributed by atoms with E-state index < -0.39 is 41.3 Å². The summed E-state index contributed by atoms with van der Waals surface area (Å²) in [6.45, 7) is 3.56. The van der Waals surface area contributed by atoms with E-state index in [1.165, 1.54) is 18.9 Å². The van der Waals surface area contributed by atoms with Crippen molar-refractivity contribution in [2.45, 2.75) is 32.6 Å². The zero-order valence-corrected chi connectivity index (χ0v) is 22.3. The Kier molecular flexibility index (Phi) is 7.41. The van der Waals surface area contributed by atoms with E-state index in [0.29, 0.717) is 21.9 Å². The number of carbonyl (C=O) groups is 1. The van der Waals surface area contributed by atoms with Gasteiger partial charge >= 0.3 is 6.18 Å². The van der Waals surface area contributed by atoms with E-state index >= 15 is 0 Å². The average Bonchev–Trinajstić information content (AvgIpc) is 3.33. The summed E-state index contributed by atoms with van der Waals surface area (Å²) in [7, 11) is 1.47. The van der Waals surface area contributed by atoms with Crippen molar-refractivity contribution in [3.05, 3.63) is 82.4 Å². The molecule has 0 aliphatic carbocycles. The molecule has 216 valence electrons. The highest BCUT2D eigenvalue weighted by atomic mass is 19.4. The number of aromatic nitrogens is 3. The van der Waals surface area contributed by atoms with Gasteiger partial charge in [0.2, 0.25) is 0 Å². The van der Waals surface area contributed by atoms with Crippen LogP contribution in [-0.2, 0) is 12.7 Å². The third kappa shape index (κ3) is 5.33. The fraction of sp³-hybridized carbons (Fsp3) is 0.321. The molecule has 5 rings (SSSR count). The largest absolute Gasteiger partial charge is 0.497 e. The highest BCUT2D eigenvalue weighted by Gasteiger charge is 2.39. The Morgan fingerprint density at radius 1 is 1.10 bits per heavy atom. The normalized spacial score (nSPS) is 16.4. The van der Waals surface area contributed by atoms with Crippen molar-refractivity contribution in [1.82, 2.24) is 24.4 Å². The number of piperazine rings is 1. The molecule has 4 aromatic rings. The molecule has 2 aromatic carbocycles. The molecule has 0 saturated carbocycles. The SMILES string of the molecule is COc1ccc(-c2nc3c(C(=O)N4CCN(Cc5cc(F)cc(F)c5F)C[C@H]4C)cnn3c(C(F)(F)F)c2C)cc1. The Labute approximate surface area is 231 Å². The smallest absolute Gasteiger partial charge is 0.433 e. The molecule has 1 aliphatic rings. The van der Waals surface area contributed by atoms with E-state index in [2.05, 4.69) is 10.1 Å². The molecule has 0 unspecified atom stereocenters. The predicted octanol–water partition coefficient (Wildman–Crippen LogP) is 5.50. The van der Waals surface area contributed by atoms with E-state index in [1.54, 1.807) is 36.1 Å². The lowest BCUT2D eigenvalue weighted by molar-refractivity contribution is -0.143. The van der Waals surface area contributed by atoms with Crippen LogP contribution in [0.2, 0.25) is 0 Å². The van der Waals surface area contributed by atoms with Crippen LogP contribution < -0.4 is 4.74 Å². The van der Waals surface area contributed by atoms with Crippen molar-refractivity contribution in [1.29, 1.82) is 0 Å². The van der Waals surface area contributed by atoms with Crippen LogP contribution in [-0.4, -0.2) is 63.1 Å². The molecule has 0 spiro atoms. The number of carbonyl (C=O) groups excluding carboxylic acids is 1. The van der Waals surface area contributed by atoms with Crippen molar-refractivity contribution in [2.75, 3.05) is 26.7 Å². The van der Waals surface area contributed by atoms with E-state index in [1.807, 2.05) is 0 Å². The Morgan fingerprint density at radius 2 is 1.80 bits per heavy atom. The van der Waals surface area contributed by atoms with Gasteiger partial charge in [0, 0.05) is 55.0 Å². The van der Waals surface area contributed by atoms with Gasteiger partial charge in [0.15, 0.2) is 23.0 Å². The first-order valence-electron chi connectivity index (χ1n) is 12.7. The number of amides is 1. The number of alkyl halides is 3. The van der Waals surface area contributed by atoms with Crippen LogP contribution in [0.4, 0.5) is 26.3 Å². The minimum absolute atomic E-state index is 0.0456. The lowest BCUT2D eigenvalue weighted by Gasteiger charge is -2.39. The van der Waals surface area contributed by atoms with Gasteiger partial charge in [-0.15, -0.1) is 0 Å². The van der Waals surface area contributed by atoms with Crippen LogP contribution in [0.1, 0.15) is 34.1 Å². The molecule has 7 nitrogen and oxygen atoms in total. The molecule has 0 bridgehead atoms. The number of nitrogens with zero attached hydrogens (tertiary/aromatic N) is 5. The van der Waals surface area contributed by atoms with Crippen LogP contribution in [0.25, 0.3) is 16.9 Å². The van der Waals surface area contributed by atoms with Crippen LogP contribution in [0, 0.1) is 24.4 Å². The molecule has 1 aliphatic heterocycles. The molecule has 1 atom stereocenters. The van der Waals surface area contributed by atoms with Crippen LogP contribution in [0.3, 0.4) is 0 Å². The fourth-order valence-electron chi connectivity index (χ4n) is 5.19. The molecule has 1 amide bonds. The minimum Gasteiger partial charge on any atom is -0.497 e. The van der Waals surface area contributed by atoms with Crippen molar-refractivity contribution in [3.63, 3.8) is 0 Å². The van der Waals surface area contributed by atoms with Gasteiger partial charge in [0.05, 0.1) is 19.0 Å². The maximum absolute atomic E-state index is 14.2. The molecule has 1 saturated heterocycles. The summed E-state index contributed by atoms with van der Waals surface area (Å²) < 4.78 is 89.9. The van der Waals surface area contributed by atoms with Crippen molar-refractivity contribution < 1.29 is 35.9 Å². The summed E-state index contributed by atoms with van der Waals surface area (Å²) in [5, 5.41) is 3.89. The highest BCUT2D eigenvalue weighted by molar-refractivity contribution is 6.00. The summed E-state index contributed by atoms with van der Waals surface area (Å²) >= 11 is 0. The molecule has 13 heteroatoms. The van der Waals surface area contributed by atoms with Gasteiger partial charge in [-0.2, -0.15) is 18.3 Å². The summed E-state index contributed by atoms with van der Waals surface area (Å²) in [5.74, 6) is -3.38. The molecule has 0 N–H and O–H groups in total. The van der Waals surface area contributed by atoms with Crippen molar-refractivity contribution >= 4 is 11.6 Å². The summed E-state index contributed by atoms with van der Waals surface area (Å²) in [5.41, 5.74) is -1.25. The number of ether oxygens (including phenoxy) is 1. The molecular weight excluding hydrogens is 552 g/mol. The number of fused-ring (bicyclic) bond motifs is 1. The zero-order valence-electron chi connectivity index (χ0n) is 22.3. The van der Waals surface area contributed by atoms with Gasteiger partial charge in [0.25, 0.3) is 5.91 Å². The second-order valence-electron chi connectivity index (χ2n) is 9.90. The monoisotopic (exact) mass is 577 g/mol. The van der Waals surface area contributed by atoms with Gasteiger partial charge in [-0.3, -0.25) is 9.69 Å². The first-order valence-corrected chi connectivity index (χ1v) is 12.7. The maximum Gasteiger partial charge on any atom is 0.433 e. The predicted molar refractivity (Wildman–Crippen MR) is 137 cm³/mol. The number of hydrogen-bond acceptors (Lipinski definition) is 5. The van der Waals surface area contributed by atoms with Crippen LogP contribution in [0.15, 0.2) is 42.6 Å². The summed E-state index contributed by atoms with van der Waals surface area (Å²) in [4.78, 5) is 21.3. The topological polar surface area (TPSA) is 63.0 Å². The van der Waals surface area contributed by atoms with Gasteiger partial charge in [-0.05, 0) is 44.2 Å². The Hall–Kier alpha value is -4.13. The van der Waals surface area contributed by atoms with E-state index in [0.717, 1.165) is 12.3 Å². The Balaban J connectivity index is 1.46. The number of rotatable bonds is 5. The molecule has 0 radical (unpaired) electrons. The minimum atomic E-state index is -4.79. The molecule has 1 fully saturated rings. The van der Waals surface area contributed by atoms with Crippen LogP contribution >= 0.6 is 0 Å². The van der Waals surface area contributed by atoms with Crippen molar-refractivity contribution in [2.24, 2.45) is 0 Å². The second kappa shape index (κ2) is 10.7. The first kappa shape index (κ1) is 28.4. The lowest BCUT2D eigenvalue weighted by Crippen LogP contribution is -2.53. The van der Waals surface area contributed by atoms with Crippen LogP contribution in [0.5, 0.6) is 5.75 Å². The van der Waals surface area contributed by atoms with Gasteiger partial charge in [0.1, 0.15) is 17.1 Å². The lowest BCUT2D eigenvalue weighted by atomic mass is 10.0. The maximum atomic E-state index is 14.2.